The number of nitrogens with zero attached hydrogens (tertiary/aromatic N) is 3. The van der Waals surface area contributed by atoms with Crippen LogP contribution in [0.2, 0.25) is 5.02 Å². The lowest BCUT2D eigenvalue weighted by Gasteiger charge is -2.16. The number of aromatic nitrogens is 2. The molecule has 0 spiro atoms. The minimum atomic E-state index is -2.78. The molecule has 0 radical (unpaired) electrons. The van der Waals surface area contributed by atoms with E-state index in [1.54, 1.807) is 0 Å². The highest BCUT2D eigenvalue weighted by molar-refractivity contribution is 6.32. The van der Waals surface area contributed by atoms with E-state index in [4.69, 9.17) is 22.2 Å². The lowest BCUT2D eigenvalue weighted by atomic mass is 9.94. The molecule has 0 saturated heterocycles. The van der Waals surface area contributed by atoms with Crippen molar-refractivity contribution < 1.29 is 22.8 Å². The van der Waals surface area contributed by atoms with E-state index in [-0.39, 0.29) is 11.5 Å². The number of hydrogen-bond donors (Lipinski definition) is 1. The van der Waals surface area contributed by atoms with Crippen LogP contribution in [0.3, 0.4) is 0 Å². The first kappa shape index (κ1) is 18.2. The Morgan fingerprint density at radius 3 is 2.69 bits per heavy atom. The lowest BCUT2D eigenvalue weighted by Crippen LogP contribution is -2.30. The Labute approximate surface area is 151 Å². The molecule has 0 bridgehead atoms. The number of nitrogens with two attached hydrogens (primary N) is 1. The fraction of sp³-hybridized carbons (Fsp3) is 0.312. The predicted molar refractivity (Wildman–Crippen MR) is 87.5 cm³/mol. The number of oxime groups is 1. The Balaban J connectivity index is 1.79. The molecule has 1 aliphatic carbocycles. The summed E-state index contributed by atoms with van der Waals surface area (Å²) in [4.78, 5) is 16.7. The molecule has 1 saturated carbocycles. The first-order valence-electron chi connectivity index (χ1n) is 7.57. The van der Waals surface area contributed by atoms with Crippen LogP contribution in [0, 0.1) is 5.82 Å². The molecule has 0 unspecified atom stereocenters. The van der Waals surface area contributed by atoms with Gasteiger partial charge in [0, 0.05) is 18.1 Å². The molecule has 1 aromatic carbocycles. The van der Waals surface area contributed by atoms with E-state index in [9.17, 15) is 18.0 Å². The summed E-state index contributed by atoms with van der Waals surface area (Å²) in [5.74, 6) is -1.56. The first-order valence-corrected chi connectivity index (χ1v) is 7.95. The van der Waals surface area contributed by atoms with E-state index < -0.39 is 29.3 Å². The molecule has 26 heavy (non-hydrogen) atoms. The number of benzene rings is 1. The van der Waals surface area contributed by atoms with Gasteiger partial charge in [0.05, 0.1) is 5.41 Å². The van der Waals surface area contributed by atoms with Crippen LogP contribution < -0.4 is 5.73 Å². The Bertz CT molecular complexity index is 894. The van der Waals surface area contributed by atoms with E-state index in [1.165, 1.54) is 25.2 Å². The van der Waals surface area contributed by atoms with Crippen LogP contribution in [-0.4, -0.2) is 21.6 Å². The van der Waals surface area contributed by atoms with Crippen LogP contribution in [0.4, 0.5) is 13.2 Å². The summed E-state index contributed by atoms with van der Waals surface area (Å²) >= 11 is 6.10. The molecule has 1 aliphatic rings. The molecule has 0 atom stereocenters. The van der Waals surface area contributed by atoms with Gasteiger partial charge in [-0.15, -0.1) is 0 Å². The second-order valence-corrected chi connectivity index (χ2v) is 6.35. The number of rotatable bonds is 5. The van der Waals surface area contributed by atoms with Gasteiger partial charge in [0.2, 0.25) is 0 Å². The standard InChI is InChI=1S/C16H14ClF3N4O2/c1-24-12(13(19)20)7-11(22-24)14(25)26-23-15(21)16(4-5-16)9-6-8(18)2-3-10(9)17/h2-3,6-7,13H,4-5H2,1H3,(H2,21,23). The van der Waals surface area contributed by atoms with Crippen molar-refractivity contribution in [3.63, 3.8) is 0 Å². The zero-order chi connectivity index (χ0) is 19.1. The van der Waals surface area contributed by atoms with E-state index in [0.29, 0.717) is 23.4 Å². The van der Waals surface area contributed by atoms with Crippen molar-refractivity contribution in [3.8, 4) is 0 Å². The largest absolute Gasteiger partial charge is 0.385 e. The third kappa shape index (κ3) is 3.26. The average Bonchev–Trinajstić information content (AvgIpc) is 3.30. The summed E-state index contributed by atoms with van der Waals surface area (Å²) in [6.45, 7) is 0. The Morgan fingerprint density at radius 2 is 2.12 bits per heavy atom. The average molecular weight is 387 g/mol. The van der Waals surface area contributed by atoms with Gasteiger partial charge in [0.15, 0.2) is 11.5 Å². The van der Waals surface area contributed by atoms with Gasteiger partial charge in [-0.3, -0.25) is 4.68 Å². The maximum Gasteiger partial charge on any atom is 0.385 e. The molecule has 138 valence electrons. The van der Waals surface area contributed by atoms with Crippen molar-refractivity contribution in [1.29, 1.82) is 0 Å². The fourth-order valence-electron chi connectivity index (χ4n) is 2.66. The zero-order valence-corrected chi connectivity index (χ0v) is 14.3. The summed E-state index contributed by atoms with van der Waals surface area (Å²) in [6, 6.07) is 4.80. The van der Waals surface area contributed by atoms with Gasteiger partial charge in [0.25, 0.3) is 6.43 Å². The van der Waals surface area contributed by atoms with Crippen molar-refractivity contribution in [3.05, 3.63) is 52.1 Å². The third-order valence-corrected chi connectivity index (χ3v) is 4.59. The van der Waals surface area contributed by atoms with Crippen LogP contribution >= 0.6 is 11.6 Å². The minimum absolute atomic E-state index is 0.0524. The minimum Gasteiger partial charge on any atom is -0.384 e. The summed E-state index contributed by atoms with van der Waals surface area (Å²) < 4.78 is 39.9. The van der Waals surface area contributed by atoms with Crippen molar-refractivity contribution in [2.45, 2.75) is 24.7 Å². The highest BCUT2D eigenvalue weighted by atomic mass is 35.5. The molecule has 0 aliphatic heterocycles. The first-order chi connectivity index (χ1) is 12.2. The second-order valence-electron chi connectivity index (χ2n) is 5.94. The molecule has 1 aromatic heterocycles. The van der Waals surface area contributed by atoms with Gasteiger partial charge in [-0.2, -0.15) is 5.10 Å². The molecular formula is C16H14ClF3N4O2. The van der Waals surface area contributed by atoms with Gasteiger partial charge < -0.3 is 10.6 Å². The third-order valence-electron chi connectivity index (χ3n) is 4.26. The number of carbonyl (C=O) groups excluding carboxylic acids is 1. The van der Waals surface area contributed by atoms with Crippen molar-refractivity contribution >= 4 is 23.4 Å². The van der Waals surface area contributed by atoms with Gasteiger partial charge in [-0.1, -0.05) is 16.8 Å². The highest BCUT2D eigenvalue weighted by Crippen LogP contribution is 2.50. The topological polar surface area (TPSA) is 82.5 Å². The van der Waals surface area contributed by atoms with E-state index in [0.717, 1.165) is 10.7 Å². The monoisotopic (exact) mass is 386 g/mol. The van der Waals surface area contributed by atoms with E-state index >= 15 is 0 Å². The molecule has 1 fully saturated rings. The zero-order valence-electron chi connectivity index (χ0n) is 13.5. The Morgan fingerprint density at radius 1 is 1.42 bits per heavy atom. The molecular weight excluding hydrogens is 373 g/mol. The quantitative estimate of drug-likeness (QED) is 0.370. The molecule has 2 N–H and O–H groups in total. The normalized spacial score (nSPS) is 16.0. The molecule has 0 amide bonds. The molecule has 10 heteroatoms. The summed E-state index contributed by atoms with van der Waals surface area (Å²) in [5, 5.41) is 7.56. The number of amidine groups is 1. The van der Waals surface area contributed by atoms with Crippen LogP contribution in [-0.2, 0) is 17.3 Å². The SMILES string of the molecule is Cn1nc(C(=O)O/N=C(\N)C2(c3cc(F)ccc3Cl)CC2)cc1C(F)F. The smallest absolute Gasteiger partial charge is 0.384 e. The molecule has 6 nitrogen and oxygen atoms in total. The summed E-state index contributed by atoms with van der Waals surface area (Å²) in [6.07, 6.45) is -1.67. The van der Waals surface area contributed by atoms with E-state index in [1.807, 2.05) is 0 Å². The Kier molecular flexibility index (Phi) is 4.66. The number of carbonyl (C=O) groups is 1. The maximum absolute atomic E-state index is 13.5. The number of aryl methyl sites for hydroxylation is 1. The Hall–Kier alpha value is -2.55. The molecule has 3 rings (SSSR count). The van der Waals surface area contributed by atoms with Crippen LogP contribution in [0.15, 0.2) is 29.4 Å². The highest BCUT2D eigenvalue weighted by Gasteiger charge is 2.50. The van der Waals surface area contributed by atoms with Crippen LogP contribution in [0.1, 0.15) is 41.0 Å². The molecule has 2 aromatic rings. The number of halogens is 4. The van der Waals surface area contributed by atoms with Gasteiger partial charge in [0.1, 0.15) is 11.5 Å². The van der Waals surface area contributed by atoms with Gasteiger partial charge in [-0.05, 0) is 36.6 Å². The van der Waals surface area contributed by atoms with E-state index in [2.05, 4.69) is 10.3 Å². The fourth-order valence-corrected chi connectivity index (χ4v) is 2.96. The van der Waals surface area contributed by atoms with Gasteiger partial charge in [-0.25, -0.2) is 18.0 Å². The van der Waals surface area contributed by atoms with Gasteiger partial charge >= 0.3 is 5.97 Å². The summed E-state index contributed by atoms with van der Waals surface area (Å²) in [7, 11) is 1.28. The number of hydrogen-bond acceptors (Lipinski definition) is 4. The van der Waals surface area contributed by atoms with Crippen LogP contribution in [0.25, 0.3) is 0 Å². The van der Waals surface area contributed by atoms with Crippen molar-refractivity contribution in [1.82, 2.24) is 9.78 Å². The van der Waals surface area contributed by atoms with Crippen molar-refractivity contribution in [2.75, 3.05) is 0 Å². The predicted octanol–water partition coefficient (Wildman–Crippen LogP) is 3.31. The molecule has 1 heterocycles. The maximum atomic E-state index is 13.5. The summed E-state index contributed by atoms with van der Waals surface area (Å²) in [5.41, 5.74) is 4.81. The van der Waals surface area contributed by atoms with Crippen LogP contribution in [0.5, 0.6) is 0 Å². The van der Waals surface area contributed by atoms with Crippen molar-refractivity contribution in [2.24, 2.45) is 17.9 Å². The second kappa shape index (κ2) is 6.64. The lowest BCUT2D eigenvalue weighted by molar-refractivity contribution is 0.0506. The number of alkyl halides is 2.